The molecule has 0 atom stereocenters. The fourth-order valence-corrected chi connectivity index (χ4v) is 2.50. The lowest BCUT2D eigenvalue weighted by Gasteiger charge is -2.30. The summed E-state index contributed by atoms with van der Waals surface area (Å²) < 4.78 is 5.11. The second-order valence-corrected chi connectivity index (χ2v) is 5.28. The van der Waals surface area contributed by atoms with E-state index in [1.165, 1.54) is 0 Å². The van der Waals surface area contributed by atoms with Crippen LogP contribution in [0.5, 0.6) is 5.75 Å². The number of carbonyl (C=O) groups is 1. The number of carbonyl (C=O) groups excluding carboxylic acids is 1. The first-order valence-corrected chi connectivity index (χ1v) is 7.62. The third kappa shape index (κ3) is 4.71. The quantitative estimate of drug-likeness (QED) is 0.745. The predicted octanol–water partition coefficient (Wildman–Crippen LogP) is 3.54. The summed E-state index contributed by atoms with van der Waals surface area (Å²) >= 11 is 5.99. The molecule has 1 N–H and O–H groups in total. The van der Waals surface area contributed by atoms with E-state index in [1.807, 2.05) is 24.3 Å². The SMILES string of the molecule is CCC(CC)(CCl)NC(=O)CCc1ccc(OC)cc1. The second-order valence-electron chi connectivity index (χ2n) is 5.02. The van der Waals surface area contributed by atoms with E-state index in [4.69, 9.17) is 16.3 Å². The zero-order valence-electron chi connectivity index (χ0n) is 12.5. The Morgan fingerprint density at radius 1 is 1.25 bits per heavy atom. The van der Waals surface area contributed by atoms with Crippen LogP contribution in [0.15, 0.2) is 24.3 Å². The Balaban J connectivity index is 2.50. The van der Waals surface area contributed by atoms with Gasteiger partial charge in [0.05, 0.1) is 12.6 Å². The molecule has 1 amide bonds. The van der Waals surface area contributed by atoms with E-state index in [-0.39, 0.29) is 11.4 Å². The van der Waals surface area contributed by atoms with Crippen molar-refractivity contribution in [3.05, 3.63) is 29.8 Å². The van der Waals surface area contributed by atoms with E-state index < -0.39 is 0 Å². The Hall–Kier alpha value is -1.22. The standard InChI is InChI=1S/C16H24ClNO2/c1-4-16(5-2,12-17)18-15(19)11-8-13-6-9-14(20-3)10-7-13/h6-7,9-10H,4-5,8,11-12H2,1-3H3,(H,18,19). The van der Waals surface area contributed by atoms with Crippen LogP contribution in [-0.2, 0) is 11.2 Å². The van der Waals surface area contributed by atoms with Gasteiger partial charge in [0.25, 0.3) is 0 Å². The molecule has 1 rings (SSSR count). The molecular formula is C16H24ClNO2. The van der Waals surface area contributed by atoms with E-state index >= 15 is 0 Å². The van der Waals surface area contributed by atoms with Gasteiger partial charge in [-0.05, 0) is 37.0 Å². The summed E-state index contributed by atoms with van der Waals surface area (Å²) in [6.45, 7) is 4.10. The van der Waals surface area contributed by atoms with Gasteiger partial charge in [-0.3, -0.25) is 4.79 Å². The van der Waals surface area contributed by atoms with Crippen LogP contribution in [0.2, 0.25) is 0 Å². The molecule has 0 radical (unpaired) electrons. The van der Waals surface area contributed by atoms with Crippen LogP contribution in [0, 0.1) is 0 Å². The molecule has 0 unspecified atom stereocenters. The predicted molar refractivity (Wildman–Crippen MR) is 83.5 cm³/mol. The first-order valence-electron chi connectivity index (χ1n) is 7.09. The number of rotatable bonds is 8. The number of aryl methyl sites for hydroxylation is 1. The molecule has 0 bridgehead atoms. The maximum Gasteiger partial charge on any atom is 0.220 e. The van der Waals surface area contributed by atoms with Gasteiger partial charge in [0.2, 0.25) is 5.91 Å². The molecule has 4 heteroatoms. The summed E-state index contributed by atoms with van der Waals surface area (Å²) in [5.74, 6) is 1.34. The average Bonchev–Trinajstić information content (AvgIpc) is 2.51. The Morgan fingerprint density at radius 2 is 1.85 bits per heavy atom. The van der Waals surface area contributed by atoms with E-state index in [0.717, 1.165) is 30.6 Å². The number of halogens is 1. The lowest BCUT2D eigenvalue weighted by atomic mass is 9.95. The second kappa shape index (κ2) is 8.15. The number of hydrogen-bond acceptors (Lipinski definition) is 2. The third-order valence-electron chi connectivity index (χ3n) is 3.81. The Morgan fingerprint density at radius 3 is 2.30 bits per heavy atom. The summed E-state index contributed by atoms with van der Waals surface area (Å²) in [5.41, 5.74) is 0.865. The van der Waals surface area contributed by atoms with Crippen molar-refractivity contribution in [3.63, 3.8) is 0 Å². The van der Waals surface area contributed by atoms with Gasteiger partial charge in [0.15, 0.2) is 0 Å². The number of methoxy groups -OCH3 is 1. The molecule has 0 saturated heterocycles. The fourth-order valence-electron chi connectivity index (χ4n) is 2.06. The minimum absolute atomic E-state index is 0.0603. The smallest absolute Gasteiger partial charge is 0.220 e. The molecule has 1 aromatic rings. The van der Waals surface area contributed by atoms with Gasteiger partial charge >= 0.3 is 0 Å². The molecule has 0 fully saturated rings. The van der Waals surface area contributed by atoms with Gasteiger partial charge in [0.1, 0.15) is 5.75 Å². The van der Waals surface area contributed by atoms with Crippen molar-refractivity contribution in [1.29, 1.82) is 0 Å². The Kier molecular flexibility index (Phi) is 6.86. The number of hydrogen-bond donors (Lipinski definition) is 1. The number of benzene rings is 1. The molecule has 20 heavy (non-hydrogen) atoms. The van der Waals surface area contributed by atoms with Crippen LogP contribution in [0.25, 0.3) is 0 Å². The maximum atomic E-state index is 12.0. The van der Waals surface area contributed by atoms with E-state index in [1.54, 1.807) is 7.11 Å². The van der Waals surface area contributed by atoms with Crippen molar-refractivity contribution < 1.29 is 9.53 Å². The third-order valence-corrected chi connectivity index (χ3v) is 4.33. The summed E-state index contributed by atoms with van der Waals surface area (Å²) in [7, 11) is 1.64. The maximum absolute atomic E-state index is 12.0. The molecule has 0 aliphatic heterocycles. The fraction of sp³-hybridized carbons (Fsp3) is 0.562. The van der Waals surface area contributed by atoms with Gasteiger partial charge in [-0.15, -0.1) is 11.6 Å². The molecule has 112 valence electrons. The zero-order valence-corrected chi connectivity index (χ0v) is 13.3. The van der Waals surface area contributed by atoms with Crippen LogP contribution < -0.4 is 10.1 Å². The van der Waals surface area contributed by atoms with Crippen LogP contribution >= 0.6 is 11.6 Å². The van der Waals surface area contributed by atoms with Crippen molar-refractivity contribution in [2.75, 3.05) is 13.0 Å². The van der Waals surface area contributed by atoms with Crippen LogP contribution in [0.3, 0.4) is 0 Å². The Bertz CT molecular complexity index is 405. The van der Waals surface area contributed by atoms with Crippen LogP contribution in [0.4, 0.5) is 0 Å². The molecule has 0 aromatic heterocycles. The zero-order chi connectivity index (χ0) is 15.0. The van der Waals surface area contributed by atoms with Gasteiger partial charge in [-0.25, -0.2) is 0 Å². The molecule has 1 aromatic carbocycles. The lowest BCUT2D eigenvalue weighted by molar-refractivity contribution is -0.122. The van der Waals surface area contributed by atoms with Crippen LogP contribution in [0.1, 0.15) is 38.7 Å². The molecule has 0 aliphatic rings. The molecule has 0 aliphatic carbocycles. The van der Waals surface area contributed by atoms with Crippen molar-refractivity contribution in [1.82, 2.24) is 5.32 Å². The first kappa shape index (κ1) is 16.8. The number of alkyl halides is 1. The molecule has 0 heterocycles. The summed E-state index contributed by atoms with van der Waals surface area (Å²) in [4.78, 5) is 12.0. The van der Waals surface area contributed by atoms with Crippen molar-refractivity contribution in [2.45, 2.75) is 45.1 Å². The average molecular weight is 298 g/mol. The van der Waals surface area contributed by atoms with Crippen LogP contribution in [-0.4, -0.2) is 24.4 Å². The monoisotopic (exact) mass is 297 g/mol. The highest BCUT2D eigenvalue weighted by Crippen LogP contribution is 2.18. The van der Waals surface area contributed by atoms with E-state index in [2.05, 4.69) is 19.2 Å². The van der Waals surface area contributed by atoms with Gasteiger partial charge in [0, 0.05) is 12.3 Å². The first-order chi connectivity index (χ1) is 9.59. The summed E-state index contributed by atoms with van der Waals surface area (Å²) in [5, 5.41) is 3.08. The molecular weight excluding hydrogens is 274 g/mol. The van der Waals surface area contributed by atoms with Crippen molar-refractivity contribution in [3.8, 4) is 5.75 Å². The highest BCUT2D eigenvalue weighted by atomic mass is 35.5. The normalized spacial score (nSPS) is 11.2. The molecule has 3 nitrogen and oxygen atoms in total. The van der Waals surface area contributed by atoms with Gasteiger partial charge < -0.3 is 10.1 Å². The van der Waals surface area contributed by atoms with E-state index in [9.17, 15) is 4.79 Å². The molecule has 0 saturated carbocycles. The van der Waals surface area contributed by atoms with Crippen molar-refractivity contribution >= 4 is 17.5 Å². The largest absolute Gasteiger partial charge is 0.497 e. The minimum atomic E-state index is -0.265. The highest BCUT2D eigenvalue weighted by Gasteiger charge is 2.26. The van der Waals surface area contributed by atoms with Gasteiger partial charge in [-0.1, -0.05) is 26.0 Å². The van der Waals surface area contributed by atoms with Crippen molar-refractivity contribution in [2.24, 2.45) is 0 Å². The lowest BCUT2D eigenvalue weighted by Crippen LogP contribution is -2.49. The summed E-state index contributed by atoms with van der Waals surface area (Å²) in [6.07, 6.45) is 2.90. The topological polar surface area (TPSA) is 38.3 Å². The highest BCUT2D eigenvalue weighted by molar-refractivity contribution is 6.18. The number of ether oxygens (including phenoxy) is 1. The number of amides is 1. The minimum Gasteiger partial charge on any atom is -0.497 e. The van der Waals surface area contributed by atoms with E-state index in [0.29, 0.717) is 12.3 Å². The number of nitrogens with one attached hydrogen (secondary N) is 1. The molecule has 0 spiro atoms. The Labute approximate surface area is 126 Å². The summed E-state index contributed by atoms with van der Waals surface area (Å²) in [6, 6.07) is 7.80. The van der Waals surface area contributed by atoms with Gasteiger partial charge in [-0.2, -0.15) is 0 Å².